The van der Waals surface area contributed by atoms with E-state index in [2.05, 4.69) is 62.3 Å². The number of nitrogens with zero attached hydrogens (tertiary/aromatic N) is 1. The number of rotatable bonds is 6. The molecule has 1 heterocycles. The van der Waals surface area contributed by atoms with E-state index < -0.39 is 0 Å². The summed E-state index contributed by atoms with van der Waals surface area (Å²) in [6, 6.07) is 8.97. The average Bonchev–Trinajstić information content (AvgIpc) is 2.43. The molecule has 0 saturated heterocycles. The summed E-state index contributed by atoms with van der Waals surface area (Å²) >= 11 is 1.82. The zero-order chi connectivity index (χ0) is 15.2. The van der Waals surface area contributed by atoms with Crippen LogP contribution >= 0.6 is 11.8 Å². The fourth-order valence-corrected chi connectivity index (χ4v) is 3.33. The first-order valence-corrected chi connectivity index (χ1v) is 8.43. The molecule has 2 aromatic rings. The molecule has 112 valence electrons. The highest BCUT2D eigenvalue weighted by molar-refractivity contribution is 7.98. The lowest BCUT2D eigenvalue weighted by molar-refractivity contribution is 0.721. The summed E-state index contributed by atoms with van der Waals surface area (Å²) in [6.45, 7) is 10.5. The Morgan fingerprint density at radius 1 is 1.00 bits per heavy atom. The monoisotopic (exact) mass is 300 g/mol. The van der Waals surface area contributed by atoms with Crippen LogP contribution in [-0.2, 0) is 12.3 Å². The van der Waals surface area contributed by atoms with Crippen LogP contribution in [0.3, 0.4) is 0 Å². The maximum absolute atomic E-state index is 4.61. The van der Waals surface area contributed by atoms with Crippen LogP contribution in [0.1, 0.15) is 34.7 Å². The molecular weight excluding hydrogens is 276 g/mol. The summed E-state index contributed by atoms with van der Waals surface area (Å²) in [5.74, 6) is 0.975. The standard InChI is InChI=1S/C18H24N2S/c1-5-19-10-17-9-15(4)18(20-11-17)21-12-16-7-13(2)6-14(3)8-16/h6-9,11,19H,5,10,12H2,1-4H3. The lowest BCUT2D eigenvalue weighted by Gasteiger charge is -2.09. The van der Waals surface area contributed by atoms with Gasteiger partial charge in [0.05, 0.1) is 5.03 Å². The summed E-state index contributed by atoms with van der Waals surface area (Å²) in [7, 11) is 0. The molecular formula is C18H24N2S. The van der Waals surface area contributed by atoms with Crippen LogP contribution in [0.25, 0.3) is 0 Å². The first kappa shape index (κ1) is 16.1. The fourth-order valence-electron chi connectivity index (χ4n) is 2.44. The number of aryl methyl sites for hydroxylation is 3. The van der Waals surface area contributed by atoms with Crippen LogP contribution in [0, 0.1) is 20.8 Å². The summed E-state index contributed by atoms with van der Waals surface area (Å²) in [6.07, 6.45) is 1.99. The van der Waals surface area contributed by atoms with Crippen molar-refractivity contribution >= 4 is 11.8 Å². The van der Waals surface area contributed by atoms with E-state index in [-0.39, 0.29) is 0 Å². The molecule has 0 amide bonds. The highest BCUT2D eigenvalue weighted by Crippen LogP contribution is 2.25. The van der Waals surface area contributed by atoms with Crippen molar-refractivity contribution in [2.75, 3.05) is 6.54 Å². The van der Waals surface area contributed by atoms with E-state index in [0.717, 1.165) is 23.9 Å². The van der Waals surface area contributed by atoms with E-state index in [1.165, 1.54) is 27.8 Å². The van der Waals surface area contributed by atoms with E-state index in [1.54, 1.807) is 0 Å². The van der Waals surface area contributed by atoms with Crippen LogP contribution in [0.5, 0.6) is 0 Å². The second-order valence-electron chi connectivity index (χ2n) is 5.53. The molecule has 0 radical (unpaired) electrons. The molecule has 0 bridgehead atoms. The quantitative estimate of drug-likeness (QED) is 0.800. The lowest BCUT2D eigenvalue weighted by Crippen LogP contribution is -2.12. The van der Waals surface area contributed by atoms with Crippen molar-refractivity contribution in [2.45, 2.75) is 45.0 Å². The minimum absolute atomic E-state index is 0.895. The van der Waals surface area contributed by atoms with Gasteiger partial charge >= 0.3 is 0 Å². The Morgan fingerprint density at radius 3 is 2.33 bits per heavy atom. The Kier molecular flexibility index (Phi) is 5.83. The van der Waals surface area contributed by atoms with Crippen molar-refractivity contribution in [3.8, 4) is 0 Å². The molecule has 0 unspecified atom stereocenters. The molecule has 2 nitrogen and oxygen atoms in total. The van der Waals surface area contributed by atoms with E-state index >= 15 is 0 Å². The Labute approximate surface area is 132 Å². The molecule has 3 heteroatoms. The normalized spacial score (nSPS) is 10.9. The molecule has 0 aliphatic carbocycles. The summed E-state index contributed by atoms with van der Waals surface area (Å²) in [5, 5.41) is 4.47. The molecule has 2 rings (SSSR count). The molecule has 0 spiro atoms. The summed E-state index contributed by atoms with van der Waals surface area (Å²) in [5.41, 5.74) is 6.55. The summed E-state index contributed by atoms with van der Waals surface area (Å²) in [4.78, 5) is 4.61. The number of pyridine rings is 1. The summed E-state index contributed by atoms with van der Waals surface area (Å²) < 4.78 is 0. The molecule has 1 aromatic heterocycles. The maximum atomic E-state index is 4.61. The van der Waals surface area contributed by atoms with Crippen molar-refractivity contribution < 1.29 is 0 Å². The number of aromatic nitrogens is 1. The van der Waals surface area contributed by atoms with Crippen LogP contribution in [-0.4, -0.2) is 11.5 Å². The molecule has 1 aromatic carbocycles. The van der Waals surface area contributed by atoms with Crippen LogP contribution < -0.4 is 5.32 Å². The van der Waals surface area contributed by atoms with E-state index in [9.17, 15) is 0 Å². The second-order valence-corrected chi connectivity index (χ2v) is 6.49. The van der Waals surface area contributed by atoms with Gasteiger partial charge in [-0.3, -0.25) is 0 Å². The SMILES string of the molecule is CCNCc1cnc(SCc2cc(C)cc(C)c2)c(C)c1. The number of hydrogen-bond acceptors (Lipinski definition) is 3. The third-order valence-electron chi connectivity index (χ3n) is 3.32. The maximum Gasteiger partial charge on any atom is 0.0992 e. The van der Waals surface area contributed by atoms with Gasteiger partial charge in [-0.15, -0.1) is 11.8 Å². The third-order valence-corrected chi connectivity index (χ3v) is 4.50. The number of thioether (sulfide) groups is 1. The molecule has 0 saturated carbocycles. The number of nitrogens with one attached hydrogen (secondary N) is 1. The van der Waals surface area contributed by atoms with Crippen molar-refractivity contribution in [2.24, 2.45) is 0 Å². The largest absolute Gasteiger partial charge is 0.313 e. The fraction of sp³-hybridized carbons (Fsp3) is 0.389. The van der Waals surface area contributed by atoms with Gasteiger partial charge in [-0.1, -0.05) is 42.3 Å². The molecule has 0 aliphatic heterocycles. The van der Waals surface area contributed by atoms with Gasteiger partial charge in [0.2, 0.25) is 0 Å². The Balaban J connectivity index is 2.02. The molecule has 0 aliphatic rings. The van der Waals surface area contributed by atoms with E-state index in [0.29, 0.717) is 0 Å². The van der Waals surface area contributed by atoms with Gasteiger partial charge in [0.15, 0.2) is 0 Å². The van der Waals surface area contributed by atoms with Gasteiger partial charge in [-0.05, 0) is 44.0 Å². The van der Waals surface area contributed by atoms with Crippen LogP contribution in [0.2, 0.25) is 0 Å². The Hall–Kier alpha value is -1.32. The Bertz CT molecular complexity index is 588. The van der Waals surface area contributed by atoms with E-state index in [4.69, 9.17) is 0 Å². The zero-order valence-electron chi connectivity index (χ0n) is 13.4. The van der Waals surface area contributed by atoms with Crippen molar-refractivity contribution in [3.63, 3.8) is 0 Å². The Morgan fingerprint density at radius 2 is 1.71 bits per heavy atom. The molecule has 1 N–H and O–H groups in total. The molecule has 0 atom stereocenters. The zero-order valence-corrected chi connectivity index (χ0v) is 14.2. The molecule has 0 fully saturated rings. The predicted octanol–water partition coefficient (Wildman–Crippen LogP) is 4.41. The smallest absolute Gasteiger partial charge is 0.0992 e. The number of benzene rings is 1. The van der Waals surface area contributed by atoms with Gasteiger partial charge in [0, 0.05) is 18.5 Å². The number of hydrogen-bond donors (Lipinski definition) is 1. The van der Waals surface area contributed by atoms with Crippen LogP contribution in [0.15, 0.2) is 35.5 Å². The third kappa shape index (κ3) is 4.87. The van der Waals surface area contributed by atoms with Gasteiger partial charge < -0.3 is 5.32 Å². The minimum Gasteiger partial charge on any atom is -0.313 e. The van der Waals surface area contributed by atoms with Gasteiger partial charge in [0.25, 0.3) is 0 Å². The topological polar surface area (TPSA) is 24.9 Å². The van der Waals surface area contributed by atoms with Crippen molar-refractivity contribution in [3.05, 3.63) is 58.3 Å². The van der Waals surface area contributed by atoms with Crippen molar-refractivity contribution in [1.82, 2.24) is 10.3 Å². The highest BCUT2D eigenvalue weighted by Gasteiger charge is 2.04. The first-order chi connectivity index (χ1) is 10.1. The van der Waals surface area contributed by atoms with Gasteiger partial charge in [-0.25, -0.2) is 4.98 Å². The van der Waals surface area contributed by atoms with Gasteiger partial charge in [0.1, 0.15) is 0 Å². The first-order valence-electron chi connectivity index (χ1n) is 7.44. The van der Waals surface area contributed by atoms with E-state index in [1.807, 2.05) is 18.0 Å². The average molecular weight is 300 g/mol. The lowest BCUT2D eigenvalue weighted by atomic mass is 10.1. The minimum atomic E-state index is 0.895. The molecule has 21 heavy (non-hydrogen) atoms. The predicted molar refractivity (Wildman–Crippen MR) is 91.8 cm³/mol. The van der Waals surface area contributed by atoms with Crippen LogP contribution in [0.4, 0.5) is 0 Å². The second kappa shape index (κ2) is 7.62. The highest BCUT2D eigenvalue weighted by atomic mass is 32.2. The van der Waals surface area contributed by atoms with Gasteiger partial charge in [-0.2, -0.15) is 0 Å². The van der Waals surface area contributed by atoms with Crippen molar-refractivity contribution in [1.29, 1.82) is 0 Å².